The third-order valence-corrected chi connectivity index (χ3v) is 3.75. The largest absolute Gasteiger partial charge is 0.506 e. The van der Waals surface area contributed by atoms with Crippen molar-refractivity contribution in [3.05, 3.63) is 70.9 Å². The van der Waals surface area contributed by atoms with Gasteiger partial charge in [0.15, 0.2) is 0 Å². The summed E-state index contributed by atoms with van der Waals surface area (Å²) in [6.07, 6.45) is 0. The lowest BCUT2D eigenvalue weighted by Gasteiger charge is -2.13. The molecule has 1 heterocycles. The molecule has 0 saturated carbocycles. The second-order valence-electron chi connectivity index (χ2n) is 4.86. The lowest BCUT2D eigenvalue weighted by Crippen LogP contribution is -1.99. The van der Waals surface area contributed by atoms with Gasteiger partial charge in [-0.15, -0.1) is 0 Å². The Morgan fingerprint density at radius 2 is 1.85 bits per heavy atom. The molecule has 0 aliphatic heterocycles. The Kier molecular flexibility index (Phi) is 3.33. The molecule has 2 nitrogen and oxygen atoms in total. The molecule has 0 amide bonds. The lowest BCUT2D eigenvalue weighted by molar-refractivity contribution is 0.480. The Morgan fingerprint density at radius 3 is 2.65 bits per heavy atom. The fraction of sp³-hybridized carbons (Fsp3) is 0.118. The molecule has 0 radical (unpaired) electrons. The van der Waals surface area contributed by atoms with Crippen molar-refractivity contribution in [1.29, 1.82) is 0 Å². The van der Waals surface area contributed by atoms with Crippen molar-refractivity contribution in [2.24, 2.45) is 0 Å². The maximum Gasteiger partial charge on any atom is 0.141 e. The predicted octanol–water partition coefficient (Wildman–Crippen LogP) is 4.75. The van der Waals surface area contributed by atoms with Gasteiger partial charge in [0.05, 0.1) is 0 Å². The van der Waals surface area contributed by atoms with Gasteiger partial charge < -0.3 is 5.11 Å². The SMILES string of the molecule is CC(c1cccc(Cl)c1)c1ccc2cccc(O)c2n1. The molecule has 1 unspecified atom stereocenters. The van der Waals surface area contributed by atoms with Crippen LogP contribution in [0.1, 0.15) is 24.1 Å². The number of nitrogens with zero attached hydrogens (tertiary/aromatic N) is 1. The van der Waals surface area contributed by atoms with Crippen molar-refractivity contribution in [2.45, 2.75) is 12.8 Å². The number of benzene rings is 2. The molecular weight excluding hydrogens is 270 g/mol. The van der Waals surface area contributed by atoms with Crippen LogP contribution in [0.4, 0.5) is 0 Å². The molecule has 20 heavy (non-hydrogen) atoms. The van der Waals surface area contributed by atoms with E-state index < -0.39 is 0 Å². The normalized spacial score (nSPS) is 12.5. The van der Waals surface area contributed by atoms with E-state index in [1.165, 1.54) is 0 Å². The molecule has 1 N–H and O–H groups in total. The minimum absolute atomic E-state index is 0.123. The van der Waals surface area contributed by atoms with Crippen molar-refractivity contribution in [3.63, 3.8) is 0 Å². The van der Waals surface area contributed by atoms with Gasteiger partial charge in [0.2, 0.25) is 0 Å². The summed E-state index contributed by atoms with van der Waals surface area (Å²) in [5, 5.41) is 11.6. The second kappa shape index (κ2) is 5.14. The van der Waals surface area contributed by atoms with Gasteiger partial charge in [0, 0.05) is 22.0 Å². The third kappa shape index (κ3) is 2.35. The monoisotopic (exact) mass is 283 g/mol. The molecule has 3 heteroatoms. The zero-order chi connectivity index (χ0) is 14.1. The summed E-state index contributed by atoms with van der Waals surface area (Å²) in [6, 6.07) is 17.2. The maximum absolute atomic E-state index is 9.91. The number of phenols is 1. The molecule has 0 aliphatic carbocycles. The molecule has 0 fully saturated rings. The van der Waals surface area contributed by atoms with Gasteiger partial charge in [-0.2, -0.15) is 0 Å². The van der Waals surface area contributed by atoms with Crippen LogP contribution in [0, 0.1) is 0 Å². The summed E-state index contributed by atoms with van der Waals surface area (Å²) in [5.74, 6) is 0.334. The molecule has 100 valence electrons. The molecule has 0 aliphatic rings. The topological polar surface area (TPSA) is 33.1 Å². The van der Waals surface area contributed by atoms with Crippen LogP contribution in [0.25, 0.3) is 10.9 Å². The van der Waals surface area contributed by atoms with Crippen LogP contribution < -0.4 is 0 Å². The predicted molar refractivity (Wildman–Crippen MR) is 82.4 cm³/mol. The molecule has 1 atom stereocenters. The van der Waals surface area contributed by atoms with Crippen LogP contribution in [-0.2, 0) is 0 Å². The highest BCUT2D eigenvalue weighted by atomic mass is 35.5. The fourth-order valence-electron chi connectivity index (χ4n) is 2.33. The van der Waals surface area contributed by atoms with Crippen molar-refractivity contribution in [2.75, 3.05) is 0 Å². The minimum atomic E-state index is 0.123. The van der Waals surface area contributed by atoms with E-state index in [1.807, 2.05) is 48.5 Å². The Balaban J connectivity index is 2.08. The number of aromatic hydroxyl groups is 1. The number of fused-ring (bicyclic) bond motifs is 1. The zero-order valence-electron chi connectivity index (χ0n) is 11.0. The lowest BCUT2D eigenvalue weighted by atomic mass is 9.97. The van der Waals surface area contributed by atoms with Gasteiger partial charge in [-0.05, 0) is 29.8 Å². The minimum Gasteiger partial charge on any atom is -0.506 e. The average Bonchev–Trinajstić information content (AvgIpc) is 2.47. The number of rotatable bonds is 2. The first-order valence-electron chi connectivity index (χ1n) is 6.49. The molecule has 0 spiro atoms. The molecule has 0 bridgehead atoms. The Bertz CT molecular complexity index is 770. The summed E-state index contributed by atoms with van der Waals surface area (Å²) in [7, 11) is 0. The van der Waals surface area contributed by atoms with Crippen LogP contribution in [0.3, 0.4) is 0 Å². The van der Waals surface area contributed by atoms with E-state index in [0.29, 0.717) is 5.52 Å². The number of phenolic OH excluding ortho intramolecular Hbond substituents is 1. The summed E-state index contributed by atoms with van der Waals surface area (Å²) >= 11 is 6.04. The van der Waals surface area contributed by atoms with E-state index in [4.69, 9.17) is 11.6 Å². The number of hydrogen-bond donors (Lipinski definition) is 1. The smallest absolute Gasteiger partial charge is 0.141 e. The number of pyridine rings is 1. The highest BCUT2D eigenvalue weighted by Gasteiger charge is 2.12. The van der Waals surface area contributed by atoms with Crippen LogP contribution in [-0.4, -0.2) is 10.1 Å². The number of halogens is 1. The van der Waals surface area contributed by atoms with E-state index in [1.54, 1.807) is 6.07 Å². The van der Waals surface area contributed by atoms with E-state index >= 15 is 0 Å². The Labute approximate surface area is 122 Å². The van der Waals surface area contributed by atoms with E-state index in [0.717, 1.165) is 21.7 Å². The van der Waals surface area contributed by atoms with Gasteiger partial charge in [-0.25, -0.2) is 4.98 Å². The highest BCUT2D eigenvalue weighted by molar-refractivity contribution is 6.30. The molecular formula is C17H14ClNO. The summed E-state index contributed by atoms with van der Waals surface area (Å²) in [6.45, 7) is 2.08. The summed E-state index contributed by atoms with van der Waals surface area (Å²) in [4.78, 5) is 4.59. The highest BCUT2D eigenvalue weighted by Crippen LogP contribution is 2.28. The number of para-hydroxylation sites is 1. The summed E-state index contributed by atoms with van der Waals surface area (Å²) < 4.78 is 0. The Hall–Kier alpha value is -2.06. The van der Waals surface area contributed by atoms with Crippen molar-refractivity contribution in [3.8, 4) is 5.75 Å². The van der Waals surface area contributed by atoms with E-state index in [2.05, 4.69) is 11.9 Å². The van der Waals surface area contributed by atoms with Gasteiger partial charge >= 0.3 is 0 Å². The zero-order valence-corrected chi connectivity index (χ0v) is 11.8. The summed E-state index contributed by atoms with van der Waals surface area (Å²) in [5.41, 5.74) is 2.67. The van der Waals surface area contributed by atoms with E-state index in [9.17, 15) is 5.11 Å². The van der Waals surface area contributed by atoms with E-state index in [-0.39, 0.29) is 11.7 Å². The van der Waals surface area contributed by atoms with Gasteiger partial charge in [-0.1, -0.05) is 48.9 Å². The number of hydrogen-bond acceptors (Lipinski definition) is 2. The molecule has 3 rings (SSSR count). The Morgan fingerprint density at radius 1 is 1.05 bits per heavy atom. The molecule has 1 aromatic heterocycles. The first kappa shape index (κ1) is 12.9. The maximum atomic E-state index is 9.91. The molecule has 2 aromatic carbocycles. The third-order valence-electron chi connectivity index (χ3n) is 3.51. The first-order valence-corrected chi connectivity index (χ1v) is 6.87. The second-order valence-corrected chi connectivity index (χ2v) is 5.30. The fourth-order valence-corrected chi connectivity index (χ4v) is 2.53. The van der Waals surface area contributed by atoms with Gasteiger partial charge in [0.1, 0.15) is 11.3 Å². The average molecular weight is 284 g/mol. The van der Waals surface area contributed by atoms with Crippen LogP contribution in [0.2, 0.25) is 5.02 Å². The number of aromatic nitrogens is 1. The molecule has 0 saturated heterocycles. The standard InChI is InChI=1S/C17H14ClNO/c1-11(13-5-2-6-14(18)10-13)15-9-8-12-4-3-7-16(20)17(12)19-15/h2-11,20H,1H3. The van der Waals surface area contributed by atoms with Crippen LogP contribution in [0.15, 0.2) is 54.6 Å². The van der Waals surface area contributed by atoms with Crippen LogP contribution >= 0.6 is 11.6 Å². The van der Waals surface area contributed by atoms with Crippen LogP contribution in [0.5, 0.6) is 5.75 Å². The van der Waals surface area contributed by atoms with Crippen molar-refractivity contribution < 1.29 is 5.11 Å². The van der Waals surface area contributed by atoms with Crippen molar-refractivity contribution >= 4 is 22.5 Å². The first-order chi connectivity index (χ1) is 9.65. The quantitative estimate of drug-likeness (QED) is 0.736. The van der Waals surface area contributed by atoms with Gasteiger partial charge in [0.25, 0.3) is 0 Å². The molecule has 3 aromatic rings. The van der Waals surface area contributed by atoms with Crippen molar-refractivity contribution in [1.82, 2.24) is 4.98 Å². The van der Waals surface area contributed by atoms with Gasteiger partial charge in [-0.3, -0.25) is 0 Å².